The summed E-state index contributed by atoms with van der Waals surface area (Å²) in [5, 5.41) is 0. The van der Waals surface area contributed by atoms with Crippen molar-refractivity contribution in [1.29, 1.82) is 0 Å². The van der Waals surface area contributed by atoms with E-state index >= 15 is 0 Å². The second-order valence-corrected chi connectivity index (χ2v) is 11.1. The molecular formula is C31H50O2. The maximum absolute atomic E-state index is 12.4. The zero-order valence-corrected chi connectivity index (χ0v) is 21.7. The van der Waals surface area contributed by atoms with Gasteiger partial charge in [0.15, 0.2) is 0 Å². The molecule has 186 valence electrons. The Morgan fingerprint density at radius 3 is 1.91 bits per heavy atom. The summed E-state index contributed by atoms with van der Waals surface area (Å²) in [7, 11) is 0. The van der Waals surface area contributed by atoms with Crippen LogP contribution in [-0.2, 0) is 4.74 Å². The second kappa shape index (κ2) is 14.8. The summed E-state index contributed by atoms with van der Waals surface area (Å²) in [6, 6.07) is 8.35. The lowest BCUT2D eigenvalue weighted by Gasteiger charge is -2.38. The van der Waals surface area contributed by atoms with E-state index in [0.717, 1.165) is 24.2 Å². The smallest absolute Gasteiger partial charge is 0.338 e. The Morgan fingerprint density at radius 2 is 1.30 bits per heavy atom. The number of esters is 1. The van der Waals surface area contributed by atoms with Crippen LogP contribution in [0.4, 0.5) is 0 Å². The SMILES string of the molecule is CCCCCCCCCOC(=O)c1ccc(C2CCC([C@H]3CC[C@H](CCC)CC3)CC2)cc1. The molecule has 0 bridgehead atoms. The molecule has 33 heavy (non-hydrogen) atoms. The van der Waals surface area contributed by atoms with Crippen LogP contribution >= 0.6 is 0 Å². The van der Waals surface area contributed by atoms with Crippen LogP contribution in [0.1, 0.15) is 145 Å². The first-order valence-corrected chi connectivity index (χ1v) is 14.5. The Balaban J connectivity index is 1.33. The molecule has 3 rings (SSSR count). The third-order valence-electron chi connectivity index (χ3n) is 8.63. The topological polar surface area (TPSA) is 26.3 Å². The van der Waals surface area contributed by atoms with E-state index in [0.29, 0.717) is 18.1 Å². The predicted octanol–water partition coefficient (Wildman–Crippen LogP) is 9.47. The van der Waals surface area contributed by atoms with Crippen molar-refractivity contribution in [2.45, 2.75) is 129 Å². The van der Waals surface area contributed by atoms with Gasteiger partial charge in [-0.1, -0.05) is 90.2 Å². The van der Waals surface area contributed by atoms with Crippen LogP contribution < -0.4 is 0 Å². The van der Waals surface area contributed by atoms with Gasteiger partial charge in [-0.2, -0.15) is 0 Å². The van der Waals surface area contributed by atoms with Crippen LogP contribution in [0.15, 0.2) is 24.3 Å². The average Bonchev–Trinajstić information content (AvgIpc) is 2.86. The molecule has 2 nitrogen and oxygen atoms in total. The summed E-state index contributed by atoms with van der Waals surface area (Å²) in [4.78, 5) is 12.4. The monoisotopic (exact) mass is 454 g/mol. The number of unbranched alkanes of at least 4 members (excludes halogenated alkanes) is 6. The quantitative estimate of drug-likeness (QED) is 0.219. The van der Waals surface area contributed by atoms with Crippen LogP contribution in [0.2, 0.25) is 0 Å². The Bertz CT molecular complexity index is 648. The van der Waals surface area contributed by atoms with E-state index in [9.17, 15) is 4.79 Å². The van der Waals surface area contributed by atoms with Gasteiger partial charge >= 0.3 is 5.97 Å². The molecule has 2 heteroatoms. The van der Waals surface area contributed by atoms with Crippen molar-refractivity contribution in [2.24, 2.45) is 17.8 Å². The molecule has 0 atom stereocenters. The molecule has 2 saturated carbocycles. The highest BCUT2D eigenvalue weighted by Crippen LogP contribution is 2.44. The molecule has 0 aromatic heterocycles. The number of benzene rings is 1. The zero-order chi connectivity index (χ0) is 23.3. The van der Waals surface area contributed by atoms with Crippen molar-refractivity contribution < 1.29 is 9.53 Å². The highest BCUT2D eigenvalue weighted by atomic mass is 16.5. The molecule has 0 saturated heterocycles. The fraction of sp³-hybridized carbons (Fsp3) is 0.774. The van der Waals surface area contributed by atoms with Gasteiger partial charge in [0.2, 0.25) is 0 Å². The standard InChI is InChI=1S/C31H50O2/c1-3-5-6-7-8-9-10-24-33-31(32)30-22-20-29(21-23-30)28-18-16-27(17-19-28)26-14-12-25(11-4-2)13-15-26/h20-23,25-28H,3-19,24H2,1-2H3/t25-,26-,27?,28?. The van der Waals surface area contributed by atoms with Crippen molar-refractivity contribution >= 4 is 5.97 Å². The number of carbonyl (C=O) groups excluding carboxylic acids is 1. The number of hydrogen-bond acceptors (Lipinski definition) is 2. The van der Waals surface area contributed by atoms with Gasteiger partial charge in [-0.3, -0.25) is 0 Å². The van der Waals surface area contributed by atoms with E-state index in [1.165, 1.54) is 108 Å². The van der Waals surface area contributed by atoms with E-state index in [-0.39, 0.29) is 5.97 Å². The van der Waals surface area contributed by atoms with E-state index in [1.54, 1.807) is 0 Å². The molecular weight excluding hydrogens is 404 g/mol. The van der Waals surface area contributed by atoms with Crippen molar-refractivity contribution in [3.63, 3.8) is 0 Å². The van der Waals surface area contributed by atoms with Crippen LogP contribution in [0, 0.1) is 17.8 Å². The molecule has 1 aromatic rings. The summed E-state index contributed by atoms with van der Waals surface area (Å²) < 4.78 is 5.51. The Kier molecular flexibility index (Phi) is 11.8. The third kappa shape index (κ3) is 8.76. The molecule has 0 amide bonds. The molecule has 1 aromatic carbocycles. The predicted molar refractivity (Wildman–Crippen MR) is 140 cm³/mol. The molecule has 0 radical (unpaired) electrons. The van der Waals surface area contributed by atoms with Gasteiger partial charge in [-0.05, 0) is 86.3 Å². The van der Waals surface area contributed by atoms with Crippen molar-refractivity contribution in [2.75, 3.05) is 6.61 Å². The zero-order valence-electron chi connectivity index (χ0n) is 21.7. The Labute approximate surface area is 204 Å². The largest absolute Gasteiger partial charge is 0.462 e. The number of carbonyl (C=O) groups is 1. The summed E-state index contributed by atoms with van der Waals surface area (Å²) in [6.07, 6.45) is 22.9. The fourth-order valence-electron chi connectivity index (χ4n) is 6.48. The Hall–Kier alpha value is -1.31. The maximum Gasteiger partial charge on any atom is 0.338 e. The highest BCUT2D eigenvalue weighted by molar-refractivity contribution is 5.89. The minimum absolute atomic E-state index is 0.157. The number of hydrogen-bond donors (Lipinski definition) is 0. The van der Waals surface area contributed by atoms with Crippen LogP contribution in [-0.4, -0.2) is 12.6 Å². The van der Waals surface area contributed by atoms with Crippen molar-refractivity contribution in [3.05, 3.63) is 35.4 Å². The minimum Gasteiger partial charge on any atom is -0.462 e. The fourth-order valence-corrected chi connectivity index (χ4v) is 6.48. The second-order valence-electron chi connectivity index (χ2n) is 11.1. The van der Waals surface area contributed by atoms with E-state index in [2.05, 4.69) is 26.0 Å². The molecule has 2 aliphatic rings. The summed E-state index contributed by atoms with van der Waals surface area (Å²) >= 11 is 0. The summed E-state index contributed by atoms with van der Waals surface area (Å²) in [6.45, 7) is 5.13. The van der Waals surface area contributed by atoms with Gasteiger partial charge in [0, 0.05) is 0 Å². The van der Waals surface area contributed by atoms with Crippen LogP contribution in [0.5, 0.6) is 0 Å². The normalized spacial score (nSPS) is 25.6. The van der Waals surface area contributed by atoms with Gasteiger partial charge < -0.3 is 4.74 Å². The van der Waals surface area contributed by atoms with E-state index in [4.69, 9.17) is 4.74 Å². The molecule has 2 fully saturated rings. The molecule has 0 unspecified atom stereocenters. The first kappa shape index (κ1) is 26.3. The van der Waals surface area contributed by atoms with Gasteiger partial charge in [-0.25, -0.2) is 4.79 Å². The lowest BCUT2D eigenvalue weighted by molar-refractivity contribution is 0.0497. The van der Waals surface area contributed by atoms with Crippen molar-refractivity contribution in [3.8, 4) is 0 Å². The lowest BCUT2D eigenvalue weighted by atomic mass is 9.68. The molecule has 0 N–H and O–H groups in total. The first-order chi connectivity index (χ1) is 16.2. The summed E-state index contributed by atoms with van der Waals surface area (Å²) in [5.41, 5.74) is 2.13. The maximum atomic E-state index is 12.4. The van der Waals surface area contributed by atoms with E-state index < -0.39 is 0 Å². The lowest BCUT2D eigenvalue weighted by Crippen LogP contribution is -2.25. The summed E-state index contributed by atoms with van der Waals surface area (Å²) in [5.74, 6) is 3.49. The molecule has 0 aliphatic heterocycles. The van der Waals surface area contributed by atoms with Gasteiger partial charge in [0.25, 0.3) is 0 Å². The van der Waals surface area contributed by atoms with Crippen LogP contribution in [0.25, 0.3) is 0 Å². The number of rotatable bonds is 13. The number of ether oxygens (including phenoxy) is 1. The van der Waals surface area contributed by atoms with Crippen LogP contribution in [0.3, 0.4) is 0 Å². The first-order valence-electron chi connectivity index (χ1n) is 14.5. The highest BCUT2D eigenvalue weighted by Gasteiger charge is 2.31. The van der Waals surface area contributed by atoms with Crippen molar-refractivity contribution in [1.82, 2.24) is 0 Å². The molecule has 0 heterocycles. The molecule has 2 aliphatic carbocycles. The molecule has 0 spiro atoms. The van der Waals surface area contributed by atoms with Gasteiger partial charge in [-0.15, -0.1) is 0 Å². The van der Waals surface area contributed by atoms with Gasteiger partial charge in [0.1, 0.15) is 0 Å². The van der Waals surface area contributed by atoms with Gasteiger partial charge in [0.05, 0.1) is 12.2 Å². The Morgan fingerprint density at radius 1 is 0.727 bits per heavy atom. The average molecular weight is 455 g/mol. The minimum atomic E-state index is -0.157. The third-order valence-corrected chi connectivity index (χ3v) is 8.63. The van der Waals surface area contributed by atoms with E-state index in [1.807, 2.05) is 12.1 Å².